The van der Waals surface area contributed by atoms with Crippen molar-refractivity contribution in [1.29, 1.82) is 0 Å². The Bertz CT molecular complexity index is 1650. The lowest BCUT2D eigenvalue weighted by Crippen LogP contribution is -2.11. The van der Waals surface area contributed by atoms with Gasteiger partial charge in [0.05, 0.1) is 17.6 Å². The molecule has 1 aliphatic carbocycles. The van der Waals surface area contributed by atoms with Gasteiger partial charge in [-0.2, -0.15) is 5.10 Å². The zero-order valence-corrected chi connectivity index (χ0v) is 21.5. The molecule has 1 aliphatic heterocycles. The van der Waals surface area contributed by atoms with Crippen molar-refractivity contribution in [2.45, 2.75) is 44.6 Å². The number of hydrogen-bond acceptors (Lipinski definition) is 5. The van der Waals surface area contributed by atoms with Crippen molar-refractivity contribution in [2.75, 3.05) is 6.54 Å². The number of rotatable bonds is 6. The highest BCUT2D eigenvalue weighted by atomic mass is 15.3. The highest BCUT2D eigenvalue weighted by Crippen LogP contribution is 2.51. The summed E-state index contributed by atoms with van der Waals surface area (Å²) < 4.78 is 3.99. The van der Waals surface area contributed by atoms with Gasteiger partial charge in [-0.25, -0.2) is 0 Å². The van der Waals surface area contributed by atoms with Crippen LogP contribution in [-0.4, -0.2) is 36.8 Å². The molecule has 2 aliphatic rings. The zero-order chi connectivity index (χ0) is 26.1. The third-order valence-corrected chi connectivity index (χ3v) is 7.09. The van der Waals surface area contributed by atoms with Gasteiger partial charge in [-0.1, -0.05) is 35.2 Å². The number of fused-ring (bicyclic) bond motifs is 4. The first-order chi connectivity index (χ1) is 18.6. The molecule has 38 heavy (non-hydrogen) atoms. The van der Waals surface area contributed by atoms with Crippen LogP contribution in [0.2, 0.25) is 0 Å². The molecule has 1 saturated carbocycles. The topological polar surface area (TPSA) is 110 Å². The third kappa shape index (κ3) is 4.36. The molecule has 2 aromatic heterocycles. The van der Waals surface area contributed by atoms with E-state index in [1.807, 2.05) is 31.0 Å². The van der Waals surface area contributed by atoms with Gasteiger partial charge in [0.2, 0.25) is 0 Å². The van der Waals surface area contributed by atoms with Gasteiger partial charge in [0.1, 0.15) is 11.4 Å². The van der Waals surface area contributed by atoms with Crippen molar-refractivity contribution in [3.8, 4) is 28.7 Å². The molecule has 4 aromatic rings. The number of hydrogen-bond donors (Lipinski definition) is 0. The predicted molar refractivity (Wildman–Crippen MR) is 146 cm³/mol. The monoisotopic (exact) mass is 501 g/mol. The Morgan fingerprint density at radius 1 is 1.05 bits per heavy atom. The maximum atomic E-state index is 8.36. The van der Waals surface area contributed by atoms with E-state index in [0.717, 1.165) is 83.0 Å². The molecule has 1 spiro atoms. The van der Waals surface area contributed by atoms with Crippen molar-refractivity contribution >= 4 is 5.71 Å². The number of aryl methyl sites for hydroxylation is 2. The molecular weight excluding hydrogens is 474 g/mol. The van der Waals surface area contributed by atoms with E-state index in [1.54, 1.807) is 0 Å². The van der Waals surface area contributed by atoms with Crippen LogP contribution in [-0.2, 0) is 12.6 Å². The van der Waals surface area contributed by atoms with Gasteiger partial charge in [0, 0.05) is 53.4 Å². The van der Waals surface area contributed by atoms with E-state index in [1.165, 1.54) is 0 Å². The molecule has 0 atom stereocenters. The summed E-state index contributed by atoms with van der Waals surface area (Å²) in [7, 11) is 1.93. The second-order valence-corrected chi connectivity index (χ2v) is 9.82. The lowest BCUT2D eigenvalue weighted by Gasteiger charge is -2.14. The summed E-state index contributed by atoms with van der Waals surface area (Å²) in [6.07, 6.45) is 8.38. The summed E-state index contributed by atoms with van der Waals surface area (Å²) >= 11 is 0. The first-order valence-corrected chi connectivity index (χ1v) is 12.8. The molecule has 9 nitrogen and oxygen atoms in total. The Balaban J connectivity index is 1.37. The molecule has 0 unspecified atom stereocenters. The van der Waals surface area contributed by atoms with Gasteiger partial charge in [-0.3, -0.25) is 14.2 Å². The number of benzene rings is 2. The maximum Gasteiger partial charge on any atom is 0.165 e. The van der Waals surface area contributed by atoms with Gasteiger partial charge >= 0.3 is 0 Å². The maximum absolute atomic E-state index is 8.36. The van der Waals surface area contributed by atoms with Crippen molar-refractivity contribution in [2.24, 2.45) is 17.2 Å². The first kappa shape index (κ1) is 23.7. The molecule has 0 radical (unpaired) electrons. The van der Waals surface area contributed by atoms with Crippen molar-refractivity contribution in [3.63, 3.8) is 0 Å². The van der Waals surface area contributed by atoms with Gasteiger partial charge in [0.25, 0.3) is 0 Å². The fourth-order valence-electron chi connectivity index (χ4n) is 4.94. The Morgan fingerprint density at radius 2 is 1.87 bits per heavy atom. The lowest BCUT2D eigenvalue weighted by molar-refractivity contribution is 0.659. The van der Waals surface area contributed by atoms with Crippen molar-refractivity contribution < 1.29 is 0 Å². The molecule has 0 amide bonds. The highest BCUT2D eigenvalue weighted by Gasteiger charge is 2.51. The van der Waals surface area contributed by atoms with E-state index < -0.39 is 0 Å². The van der Waals surface area contributed by atoms with Crippen LogP contribution in [0, 0.1) is 18.8 Å². The number of nitrogens with zero attached hydrogens (tertiary/aromatic N) is 9. The van der Waals surface area contributed by atoms with Gasteiger partial charge in [-0.15, -0.1) is 10.2 Å². The van der Waals surface area contributed by atoms with E-state index >= 15 is 0 Å². The van der Waals surface area contributed by atoms with Crippen LogP contribution in [0.4, 0.5) is 0 Å². The predicted octanol–water partition coefficient (Wildman–Crippen LogP) is 5.65. The Kier molecular flexibility index (Phi) is 6.02. The van der Waals surface area contributed by atoms with Crippen LogP contribution in [0.1, 0.15) is 60.4 Å². The second-order valence-electron chi connectivity index (χ2n) is 9.82. The molecule has 0 N–H and O–H groups in total. The largest absolute Gasteiger partial charge is 0.280 e. The van der Waals surface area contributed by atoms with Crippen LogP contribution in [0.5, 0.6) is 0 Å². The Morgan fingerprint density at radius 3 is 2.61 bits per heavy atom. The normalized spacial score (nSPS) is 14.4. The number of aliphatic imine (C=N–C) groups is 1. The minimum atomic E-state index is -0.335. The summed E-state index contributed by atoms with van der Waals surface area (Å²) in [5, 5.41) is 16.9. The number of aromatic nitrogens is 5. The van der Waals surface area contributed by atoms with Crippen molar-refractivity contribution in [3.05, 3.63) is 93.6 Å². The van der Waals surface area contributed by atoms with Crippen LogP contribution >= 0.6 is 0 Å². The van der Waals surface area contributed by atoms with E-state index in [0.29, 0.717) is 6.54 Å². The average molecular weight is 502 g/mol. The van der Waals surface area contributed by atoms with E-state index in [4.69, 9.17) is 10.5 Å². The molecule has 3 heterocycles. The molecule has 0 bridgehead atoms. The second kappa shape index (κ2) is 9.66. The smallest absolute Gasteiger partial charge is 0.165 e. The zero-order valence-electron chi connectivity index (χ0n) is 21.5. The van der Waals surface area contributed by atoms with Crippen molar-refractivity contribution in [1.82, 2.24) is 24.5 Å². The minimum absolute atomic E-state index is 0.335. The molecule has 0 saturated heterocycles. The molecule has 188 valence electrons. The van der Waals surface area contributed by atoms with Crippen LogP contribution in [0.25, 0.3) is 27.3 Å². The van der Waals surface area contributed by atoms with E-state index in [2.05, 4.69) is 84.2 Å². The average Bonchev–Trinajstić information content (AvgIpc) is 3.45. The Labute approximate surface area is 220 Å². The minimum Gasteiger partial charge on any atom is -0.280 e. The van der Waals surface area contributed by atoms with Gasteiger partial charge in [-0.05, 0) is 68.0 Å². The SMILES string of the molecule is Cc1nnc2n1-c1ccc(-c3cnn(C)c3)cc1C(c1ccc(C#CCCCCN=[N+]=[N-])cc1)=NC21CC1. The van der Waals surface area contributed by atoms with Crippen LogP contribution < -0.4 is 0 Å². The van der Waals surface area contributed by atoms with Gasteiger partial charge in [0.15, 0.2) is 5.82 Å². The molecule has 6 rings (SSSR count). The van der Waals surface area contributed by atoms with E-state index in [9.17, 15) is 0 Å². The molecule has 9 heteroatoms. The fraction of sp³-hybridized carbons (Fsp3) is 0.310. The summed E-state index contributed by atoms with van der Waals surface area (Å²) in [6.45, 7) is 2.52. The van der Waals surface area contributed by atoms with Crippen LogP contribution in [0.3, 0.4) is 0 Å². The van der Waals surface area contributed by atoms with Crippen LogP contribution in [0.15, 0.2) is 65.0 Å². The summed E-state index contributed by atoms with van der Waals surface area (Å²) in [6, 6.07) is 14.8. The molecule has 1 fully saturated rings. The molecule has 2 aromatic carbocycles. The third-order valence-electron chi connectivity index (χ3n) is 7.09. The fourth-order valence-corrected chi connectivity index (χ4v) is 4.94. The summed E-state index contributed by atoms with van der Waals surface area (Å²) in [4.78, 5) is 8.15. The lowest BCUT2D eigenvalue weighted by atomic mass is 9.96. The summed E-state index contributed by atoms with van der Waals surface area (Å²) in [5.41, 5.74) is 15.3. The first-order valence-electron chi connectivity index (χ1n) is 12.8. The number of azide groups is 1. The summed E-state index contributed by atoms with van der Waals surface area (Å²) in [5.74, 6) is 8.26. The number of unbranched alkanes of at least 4 members (excludes halogenated alkanes) is 2. The quantitative estimate of drug-likeness (QED) is 0.112. The highest BCUT2D eigenvalue weighted by molar-refractivity contribution is 6.16. The Hall–Kier alpha value is -4.67. The standard InChI is InChI=1S/C29H27N9/c1-20-34-35-28-29(14-15-29)33-27(22-10-8-21(9-11-22)7-5-3-4-6-16-31-36-30)25-17-23(12-13-26(25)38(20)28)24-18-32-37(2)19-24/h8-13,17-19H,3-4,6,14-16H2,1-2H3. The molecular formula is C29H27N9. The van der Waals surface area contributed by atoms with Gasteiger partial charge < -0.3 is 0 Å². The van der Waals surface area contributed by atoms with E-state index in [-0.39, 0.29) is 5.54 Å².